The lowest BCUT2D eigenvalue weighted by molar-refractivity contribution is -0.122. The first-order chi connectivity index (χ1) is 20.9. The Hall–Kier alpha value is -4.78. The fraction of sp³-hybridized carbons (Fsp3) is 0.333. The SMILES string of the molecule is COc1ccc(CCNC(=O)Cn2c(=O)n(CCCC(=O)NCc3ccc4c(c3)OCO4)c(=O)c3sccc32)cc1OC. The van der Waals surface area contributed by atoms with Gasteiger partial charge in [0.1, 0.15) is 11.2 Å². The molecule has 2 amide bonds. The van der Waals surface area contributed by atoms with Gasteiger partial charge in [0, 0.05) is 26.1 Å². The number of nitrogens with one attached hydrogen (secondary N) is 2. The molecule has 43 heavy (non-hydrogen) atoms. The standard InChI is InChI=1S/C30H32N4O8S/c1-39-22-7-5-19(14-24(22)40-2)9-11-31-27(36)17-34-21-10-13-43-28(21)29(37)33(30(34)38)12-3-4-26(35)32-16-20-6-8-23-25(15-20)42-18-41-23/h5-8,10,13-15H,3-4,9,11-12,16-18H2,1-2H3,(H,31,36)(H,32,35). The van der Waals surface area contributed by atoms with Crippen molar-refractivity contribution in [1.82, 2.24) is 19.8 Å². The molecule has 2 N–H and O–H groups in total. The molecule has 1 aliphatic rings. The number of aromatic nitrogens is 2. The summed E-state index contributed by atoms with van der Waals surface area (Å²) in [6.07, 6.45) is 0.942. The van der Waals surface area contributed by atoms with Crippen molar-refractivity contribution in [2.45, 2.75) is 38.9 Å². The quantitative estimate of drug-likeness (QED) is 0.236. The van der Waals surface area contributed by atoms with E-state index in [1.807, 2.05) is 24.3 Å². The minimum absolute atomic E-state index is 0.0455. The Morgan fingerprint density at radius 2 is 1.70 bits per heavy atom. The highest BCUT2D eigenvalue weighted by atomic mass is 32.1. The third-order valence-corrected chi connectivity index (χ3v) is 7.93. The van der Waals surface area contributed by atoms with Crippen LogP contribution in [-0.4, -0.2) is 48.5 Å². The van der Waals surface area contributed by atoms with E-state index in [4.69, 9.17) is 18.9 Å². The van der Waals surface area contributed by atoms with Crippen LogP contribution in [0.4, 0.5) is 0 Å². The number of hydrogen-bond acceptors (Lipinski definition) is 9. The number of benzene rings is 2. The zero-order valence-electron chi connectivity index (χ0n) is 23.8. The van der Waals surface area contributed by atoms with Gasteiger partial charge in [0.2, 0.25) is 18.6 Å². The van der Waals surface area contributed by atoms with Crippen molar-refractivity contribution >= 4 is 33.4 Å². The fourth-order valence-corrected chi connectivity index (χ4v) is 5.65. The highest BCUT2D eigenvalue weighted by molar-refractivity contribution is 7.17. The highest BCUT2D eigenvalue weighted by Gasteiger charge is 2.17. The van der Waals surface area contributed by atoms with Crippen LogP contribution in [0.25, 0.3) is 10.2 Å². The molecule has 0 saturated carbocycles. The molecule has 0 radical (unpaired) electrons. The second-order valence-electron chi connectivity index (χ2n) is 9.82. The van der Waals surface area contributed by atoms with E-state index < -0.39 is 11.2 Å². The number of rotatable bonds is 13. The van der Waals surface area contributed by atoms with Gasteiger partial charge >= 0.3 is 5.69 Å². The van der Waals surface area contributed by atoms with E-state index in [0.29, 0.717) is 52.7 Å². The zero-order valence-corrected chi connectivity index (χ0v) is 24.7. The topological polar surface area (TPSA) is 139 Å². The van der Waals surface area contributed by atoms with E-state index in [2.05, 4.69) is 10.6 Å². The first-order valence-electron chi connectivity index (χ1n) is 13.7. The van der Waals surface area contributed by atoms with Gasteiger partial charge in [-0.2, -0.15) is 0 Å². The van der Waals surface area contributed by atoms with E-state index >= 15 is 0 Å². The van der Waals surface area contributed by atoms with Crippen LogP contribution >= 0.6 is 11.3 Å². The summed E-state index contributed by atoms with van der Waals surface area (Å²) < 4.78 is 24.0. The summed E-state index contributed by atoms with van der Waals surface area (Å²) in [6.45, 7) is 0.633. The van der Waals surface area contributed by atoms with Crippen LogP contribution in [-0.2, 0) is 35.6 Å². The van der Waals surface area contributed by atoms with E-state index in [0.717, 1.165) is 15.7 Å². The smallest absolute Gasteiger partial charge is 0.332 e. The van der Waals surface area contributed by atoms with Crippen molar-refractivity contribution in [2.75, 3.05) is 27.6 Å². The van der Waals surface area contributed by atoms with Crippen molar-refractivity contribution in [3.05, 3.63) is 79.8 Å². The molecule has 2 aromatic carbocycles. The van der Waals surface area contributed by atoms with Gasteiger partial charge in [-0.25, -0.2) is 4.79 Å². The molecule has 3 heterocycles. The molecular formula is C30H32N4O8S. The number of carbonyl (C=O) groups excluding carboxylic acids is 2. The number of fused-ring (bicyclic) bond motifs is 2. The van der Waals surface area contributed by atoms with E-state index in [1.165, 1.54) is 15.9 Å². The van der Waals surface area contributed by atoms with Gasteiger partial charge in [-0.05, 0) is 59.7 Å². The van der Waals surface area contributed by atoms with Gasteiger partial charge in [0.05, 0.1) is 19.7 Å². The van der Waals surface area contributed by atoms with Gasteiger partial charge in [-0.15, -0.1) is 11.3 Å². The fourth-order valence-electron chi connectivity index (χ4n) is 4.80. The second-order valence-corrected chi connectivity index (χ2v) is 10.7. The Kier molecular flexibility index (Phi) is 9.30. The van der Waals surface area contributed by atoms with E-state index in [9.17, 15) is 19.2 Å². The summed E-state index contributed by atoms with van der Waals surface area (Å²) in [5, 5.41) is 7.40. The number of carbonyl (C=O) groups is 2. The molecule has 0 spiro atoms. The third-order valence-electron chi connectivity index (χ3n) is 7.03. The average molecular weight is 609 g/mol. The summed E-state index contributed by atoms with van der Waals surface area (Å²) in [6, 6.07) is 12.6. The van der Waals surface area contributed by atoms with Crippen LogP contribution in [0.1, 0.15) is 24.0 Å². The zero-order chi connectivity index (χ0) is 30.3. The number of hydrogen-bond donors (Lipinski definition) is 2. The van der Waals surface area contributed by atoms with Gasteiger partial charge in [-0.3, -0.25) is 23.5 Å². The van der Waals surface area contributed by atoms with Crippen molar-refractivity contribution in [3.63, 3.8) is 0 Å². The lowest BCUT2D eigenvalue weighted by Gasteiger charge is -2.13. The van der Waals surface area contributed by atoms with Crippen LogP contribution in [0, 0.1) is 0 Å². The van der Waals surface area contributed by atoms with Crippen LogP contribution in [0.5, 0.6) is 23.0 Å². The van der Waals surface area contributed by atoms with Crippen LogP contribution in [0.15, 0.2) is 57.4 Å². The summed E-state index contributed by atoms with van der Waals surface area (Å²) >= 11 is 1.21. The Bertz CT molecular complexity index is 1760. The molecule has 0 saturated heterocycles. The number of thiophene rings is 1. The van der Waals surface area contributed by atoms with Crippen LogP contribution < -0.4 is 40.8 Å². The first-order valence-corrected chi connectivity index (χ1v) is 14.6. The lowest BCUT2D eigenvalue weighted by atomic mass is 10.1. The maximum atomic E-state index is 13.3. The van der Waals surface area contributed by atoms with E-state index in [-0.39, 0.29) is 44.5 Å². The molecule has 0 unspecified atom stereocenters. The summed E-state index contributed by atoms with van der Waals surface area (Å²) in [5.74, 6) is 1.95. The normalized spacial score (nSPS) is 11.9. The number of ether oxygens (including phenoxy) is 4. The first kappa shape index (κ1) is 29.7. The van der Waals surface area contributed by atoms with Gasteiger partial charge in [-0.1, -0.05) is 12.1 Å². The molecule has 0 bridgehead atoms. The molecule has 0 fully saturated rings. The summed E-state index contributed by atoms with van der Waals surface area (Å²) in [7, 11) is 3.12. The Morgan fingerprint density at radius 3 is 2.51 bits per heavy atom. The molecule has 13 heteroatoms. The van der Waals surface area contributed by atoms with Crippen molar-refractivity contribution in [2.24, 2.45) is 0 Å². The molecule has 12 nitrogen and oxygen atoms in total. The van der Waals surface area contributed by atoms with Gasteiger partial charge < -0.3 is 29.6 Å². The summed E-state index contributed by atoms with van der Waals surface area (Å²) in [5.41, 5.74) is 1.20. The molecule has 226 valence electrons. The number of methoxy groups -OCH3 is 2. The Balaban J connectivity index is 1.17. The molecular weight excluding hydrogens is 576 g/mol. The molecule has 0 aliphatic carbocycles. The van der Waals surface area contributed by atoms with Crippen LogP contribution in [0.3, 0.4) is 0 Å². The lowest BCUT2D eigenvalue weighted by Crippen LogP contribution is -2.42. The molecule has 1 aliphatic heterocycles. The second kappa shape index (κ2) is 13.5. The predicted octanol–water partition coefficient (Wildman–Crippen LogP) is 2.43. The van der Waals surface area contributed by atoms with Crippen molar-refractivity contribution < 1.29 is 28.5 Å². The molecule has 5 rings (SSSR count). The number of amides is 2. The van der Waals surface area contributed by atoms with Gasteiger partial charge in [0.25, 0.3) is 5.56 Å². The minimum Gasteiger partial charge on any atom is -0.493 e. The minimum atomic E-state index is -0.591. The third kappa shape index (κ3) is 6.83. The van der Waals surface area contributed by atoms with Gasteiger partial charge in [0.15, 0.2) is 23.0 Å². The predicted molar refractivity (Wildman–Crippen MR) is 160 cm³/mol. The Morgan fingerprint density at radius 1 is 0.907 bits per heavy atom. The maximum Gasteiger partial charge on any atom is 0.332 e. The summed E-state index contributed by atoms with van der Waals surface area (Å²) in [4.78, 5) is 51.7. The Labute approximate surface area is 250 Å². The molecule has 0 atom stereocenters. The largest absolute Gasteiger partial charge is 0.493 e. The molecule has 4 aromatic rings. The maximum absolute atomic E-state index is 13.3. The average Bonchev–Trinajstić information content (AvgIpc) is 3.70. The van der Waals surface area contributed by atoms with Crippen LogP contribution in [0.2, 0.25) is 0 Å². The monoisotopic (exact) mass is 608 g/mol. The van der Waals surface area contributed by atoms with Crippen molar-refractivity contribution in [1.29, 1.82) is 0 Å². The van der Waals surface area contributed by atoms with E-state index in [1.54, 1.807) is 37.8 Å². The number of nitrogens with zero attached hydrogens (tertiary/aromatic N) is 2. The van der Waals surface area contributed by atoms with Crippen molar-refractivity contribution in [3.8, 4) is 23.0 Å². The highest BCUT2D eigenvalue weighted by Crippen LogP contribution is 2.32. The molecule has 2 aromatic heterocycles.